The Bertz CT molecular complexity index is 372. The molecule has 2 aliphatic heterocycles. The number of hydrogen-bond acceptors (Lipinski definition) is 3. The number of amides is 2. The fourth-order valence-corrected chi connectivity index (χ4v) is 3.21. The first kappa shape index (κ1) is 15.1. The second-order valence-corrected chi connectivity index (χ2v) is 6.09. The molecule has 2 fully saturated rings. The minimum Gasteiger partial charge on any atom is -0.481 e. The molecule has 2 heterocycles. The lowest BCUT2D eigenvalue weighted by molar-refractivity contribution is -0.142. The molecule has 20 heavy (non-hydrogen) atoms. The first-order valence-corrected chi connectivity index (χ1v) is 7.37. The van der Waals surface area contributed by atoms with Crippen molar-refractivity contribution in [1.29, 1.82) is 0 Å². The Morgan fingerprint density at radius 2 is 2.15 bits per heavy atom. The first-order valence-electron chi connectivity index (χ1n) is 7.37. The number of hydrogen-bond donors (Lipinski definition) is 2. The maximum Gasteiger partial charge on any atom is 0.318 e. The van der Waals surface area contributed by atoms with Gasteiger partial charge in [-0.25, -0.2) is 4.79 Å². The van der Waals surface area contributed by atoms with Crippen molar-refractivity contribution in [2.45, 2.75) is 45.2 Å². The van der Waals surface area contributed by atoms with E-state index in [1.165, 1.54) is 0 Å². The van der Waals surface area contributed by atoms with Crippen LogP contribution in [0.1, 0.15) is 33.1 Å². The highest BCUT2D eigenvalue weighted by Gasteiger charge is 2.51. The quantitative estimate of drug-likeness (QED) is 0.721. The molecule has 3 atom stereocenters. The summed E-state index contributed by atoms with van der Waals surface area (Å²) in [4.78, 5) is 25.0. The van der Waals surface area contributed by atoms with Crippen molar-refractivity contribution in [1.82, 2.24) is 10.2 Å². The molecule has 0 radical (unpaired) electrons. The maximum absolute atomic E-state index is 12.1. The van der Waals surface area contributed by atoms with Gasteiger partial charge in [0.15, 0.2) is 0 Å². The number of nitrogens with zero attached hydrogens (tertiary/aromatic N) is 1. The Morgan fingerprint density at radius 3 is 2.75 bits per heavy atom. The highest BCUT2D eigenvalue weighted by atomic mass is 16.5. The van der Waals surface area contributed by atoms with Gasteiger partial charge in [0.2, 0.25) is 0 Å². The monoisotopic (exact) mass is 284 g/mol. The largest absolute Gasteiger partial charge is 0.481 e. The molecule has 6 heteroatoms. The molecule has 2 amide bonds. The van der Waals surface area contributed by atoms with Crippen LogP contribution in [0.3, 0.4) is 0 Å². The Hall–Kier alpha value is -1.30. The highest BCUT2D eigenvalue weighted by Crippen LogP contribution is 2.41. The zero-order valence-corrected chi connectivity index (χ0v) is 12.2. The summed E-state index contributed by atoms with van der Waals surface area (Å²) in [5.74, 6) is -0.691. The van der Waals surface area contributed by atoms with E-state index in [1.54, 1.807) is 4.90 Å². The summed E-state index contributed by atoms with van der Waals surface area (Å²) in [5.41, 5.74) is 0. The van der Waals surface area contributed by atoms with Gasteiger partial charge in [0.25, 0.3) is 0 Å². The molecule has 0 aliphatic carbocycles. The number of carbonyl (C=O) groups is 2. The van der Waals surface area contributed by atoms with Gasteiger partial charge in [-0.05, 0) is 25.2 Å². The van der Waals surface area contributed by atoms with Gasteiger partial charge in [-0.1, -0.05) is 13.8 Å². The van der Waals surface area contributed by atoms with Crippen LogP contribution >= 0.6 is 0 Å². The number of aliphatic carboxylic acids is 1. The Morgan fingerprint density at radius 1 is 1.40 bits per heavy atom. The third-order valence-electron chi connectivity index (χ3n) is 4.06. The second kappa shape index (κ2) is 6.43. The molecule has 114 valence electrons. The van der Waals surface area contributed by atoms with E-state index in [9.17, 15) is 9.59 Å². The predicted molar refractivity (Wildman–Crippen MR) is 73.4 cm³/mol. The van der Waals surface area contributed by atoms with Crippen LogP contribution in [-0.2, 0) is 9.53 Å². The molecule has 3 unspecified atom stereocenters. The van der Waals surface area contributed by atoms with Gasteiger partial charge >= 0.3 is 12.0 Å². The third-order valence-corrected chi connectivity index (χ3v) is 4.06. The van der Waals surface area contributed by atoms with E-state index >= 15 is 0 Å². The molecule has 0 aromatic heterocycles. The van der Waals surface area contributed by atoms with E-state index in [1.807, 2.05) is 0 Å². The third kappa shape index (κ3) is 3.23. The molecule has 0 aromatic carbocycles. The summed E-state index contributed by atoms with van der Waals surface area (Å²) >= 11 is 0. The fraction of sp³-hybridized carbons (Fsp3) is 0.857. The smallest absolute Gasteiger partial charge is 0.318 e. The number of carboxylic acid groups (broad SMARTS) is 1. The van der Waals surface area contributed by atoms with E-state index < -0.39 is 11.9 Å². The summed E-state index contributed by atoms with van der Waals surface area (Å²) < 4.78 is 5.41. The van der Waals surface area contributed by atoms with Crippen LogP contribution in [-0.4, -0.2) is 53.8 Å². The van der Waals surface area contributed by atoms with Gasteiger partial charge in [-0.15, -0.1) is 0 Å². The lowest BCUT2D eigenvalue weighted by atomic mass is 9.89. The van der Waals surface area contributed by atoms with E-state index in [0.717, 1.165) is 12.8 Å². The first-order chi connectivity index (χ1) is 9.50. The molecule has 2 saturated heterocycles. The highest BCUT2D eigenvalue weighted by molar-refractivity contribution is 5.79. The van der Waals surface area contributed by atoms with Crippen LogP contribution in [0.15, 0.2) is 0 Å². The van der Waals surface area contributed by atoms with Crippen LogP contribution < -0.4 is 5.32 Å². The average molecular weight is 284 g/mol. The topological polar surface area (TPSA) is 78.9 Å². The standard InChI is InChI=1S/C14H24N2O4/c1-9(2)8-20-6-5-15-14(19)16-10-3-4-12(16)11(7-10)13(17)18/h9-12H,3-8H2,1-2H3,(H,15,19)(H,17,18). The number of fused-ring (bicyclic) bond motifs is 2. The van der Waals surface area contributed by atoms with Gasteiger partial charge in [-0.2, -0.15) is 0 Å². The van der Waals surface area contributed by atoms with Crippen molar-refractivity contribution in [2.24, 2.45) is 11.8 Å². The Labute approximate surface area is 119 Å². The number of urea groups is 1. The van der Waals surface area contributed by atoms with Gasteiger partial charge in [-0.3, -0.25) is 4.79 Å². The normalized spacial score (nSPS) is 28.1. The molecule has 0 aromatic rings. The number of carbonyl (C=O) groups excluding carboxylic acids is 1. The molecule has 0 saturated carbocycles. The molecule has 2 N–H and O–H groups in total. The summed E-state index contributed by atoms with van der Waals surface area (Å²) in [5, 5.41) is 12.0. The van der Waals surface area contributed by atoms with Gasteiger partial charge < -0.3 is 20.1 Å². The van der Waals surface area contributed by atoms with Crippen molar-refractivity contribution >= 4 is 12.0 Å². The summed E-state index contributed by atoms with van der Waals surface area (Å²) in [6.45, 7) is 5.81. The molecular formula is C14H24N2O4. The fourth-order valence-electron chi connectivity index (χ4n) is 3.21. The summed E-state index contributed by atoms with van der Waals surface area (Å²) in [7, 11) is 0. The van der Waals surface area contributed by atoms with Crippen molar-refractivity contribution in [3.8, 4) is 0 Å². The SMILES string of the molecule is CC(C)COCCNC(=O)N1C2CCC1C(C(=O)O)C2. The van der Waals surface area contributed by atoms with Gasteiger partial charge in [0.1, 0.15) is 0 Å². The minimum absolute atomic E-state index is 0.0951. The molecule has 2 aliphatic rings. The van der Waals surface area contributed by atoms with Gasteiger partial charge in [0, 0.05) is 25.2 Å². The lowest BCUT2D eigenvalue weighted by Gasteiger charge is -2.23. The van der Waals surface area contributed by atoms with E-state index in [4.69, 9.17) is 9.84 Å². The zero-order valence-electron chi connectivity index (χ0n) is 12.2. The number of rotatable bonds is 6. The van der Waals surface area contributed by atoms with Gasteiger partial charge in [0.05, 0.1) is 12.5 Å². The molecule has 6 nitrogen and oxygen atoms in total. The van der Waals surface area contributed by atoms with E-state index in [-0.39, 0.29) is 18.1 Å². The minimum atomic E-state index is -0.782. The number of ether oxygens (including phenoxy) is 1. The Kier molecular flexibility index (Phi) is 4.86. The average Bonchev–Trinajstić information content (AvgIpc) is 2.95. The Balaban J connectivity index is 1.75. The van der Waals surface area contributed by atoms with Crippen LogP contribution in [0.5, 0.6) is 0 Å². The van der Waals surface area contributed by atoms with Crippen molar-refractivity contribution in [3.63, 3.8) is 0 Å². The lowest BCUT2D eigenvalue weighted by Crippen LogP contribution is -2.45. The number of carboxylic acids is 1. The second-order valence-electron chi connectivity index (χ2n) is 6.09. The summed E-state index contributed by atoms with van der Waals surface area (Å²) in [6.07, 6.45) is 2.32. The molecule has 2 rings (SSSR count). The molecule has 2 bridgehead atoms. The van der Waals surface area contributed by atoms with Crippen LogP contribution in [0.25, 0.3) is 0 Å². The predicted octanol–water partition coefficient (Wildman–Crippen LogP) is 1.31. The van der Waals surface area contributed by atoms with Crippen LogP contribution in [0.4, 0.5) is 4.79 Å². The zero-order chi connectivity index (χ0) is 14.7. The van der Waals surface area contributed by atoms with Crippen molar-refractivity contribution in [3.05, 3.63) is 0 Å². The van der Waals surface area contributed by atoms with E-state index in [2.05, 4.69) is 19.2 Å². The number of nitrogens with one attached hydrogen (secondary N) is 1. The van der Waals surface area contributed by atoms with Crippen LogP contribution in [0, 0.1) is 11.8 Å². The van der Waals surface area contributed by atoms with E-state index in [0.29, 0.717) is 32.1 Å². The maximum atomic E-state index is 12.1. The van der Waals surface area contributed by atoms with Crippen molar-refractivity contribution < 1.29 is 19.4 Å². The van der Waals surface area contributed by atoms with Crippen molar-refractivity contribution in [2.75, 3.05) is 19.8 Å². The van der Waals surface area contributed by atoms with Crippen LogP contribution in [0.2, 0.25) is 0 Å². The molecular weight excluding hydrogens is 260 g/mol. The molecule has 0 spiro atoms. The summed E-state index contributed by atoms with van der Waals surface area (Å²) in [6, 6.07) is -0.179.